The van der Waals surface area contributed by atoms with Crippen LogP contribution in [-0.2, 0) is 16.0 Å². The molecule has 0 aliphatic carbocycles. The van der Waals surface area contributed by atoms with Gasteiger partial charge in [-0.15, -0.1) is 0 Å². The smallest absolute Gasteiger partial charge is 0.339 e. The first-order valence-electron chi connectivity index (χ1n) is 8.47. The minimum atomic E-state index is -1.29. The maximum atomic E-state index is 12.5. The Morgan fingerprint density at radius 2 is 1.89 bits per heavy atom. The van der Waals surface area contributed by atoms with Crippen LogP contribution in [-0.4, -0.2) is 35.5 Å². The predicted molar refractivity (Wildman–Crippen MR) is 98.6 cm³/mol. The zero-order valence-corrected chi connectivity index (χ0v) is 14.7. The van der Waals surface area contributed by atoms with E-state index in [1.54, 1.807) is 43.3 Å². The summed E-state index contributed by atoms with van der Waals surface area (Å²) in [6.07, 6.45) is 0.290. The number of fused-ring (bicyclic) bond motifs is 1. The molecule has 8 nitrogen and oxygen atoms in total. The van der Waals surface area contributed by atoms with Gasteiger partial charge in [-0.3, -0.25) is 14.9 Å². The highest BCUT2D eigenvalue weighted by Gasteiger charge is 2.42. The van der Waals surface area contributed by atoms with E-state index >= 15 is 0 Å². The van der Waals surface area contributed by atoms with Crippen LogP contribution in [0.4, 0.5) is 11.4 Å². The molecular formula is C19H19N3O5. The topological polar surface area (TPSA) is 111 Å². The second-order valence-electron chi connectivity index (χ2n) is 6.41. The Morgan fingerprint density at radius 1 is 1.19 bits per heavy atom. The molecule has 1 amide bonds. The van der Waals surface area contributed by atoms with Gasteiger partial charge in [0.25, 0.3) is 11.6 Å². The second-order valence-corrected chi connectivity index (χ2v) is 6.41. The zero-order valence-electron chi connectivity index (χ0n) is 14.7. The Labute approximate surface area is 155 Å². The van der Waals surface area contributed by atoms with Crippen molar-refractivity contribution in [3.63, 3.8) is 0 Å². The molecule has 0 spiro atoms. The van der Waals surface area contributed by atoms with E-state index in [1.807, 2.05) is 6.07 Å². The number of nitrogens with one attached hydrogen (secondary N) is 2. The molecule has 2 aromatic rings. The number of para-hydroxylation sites is 2. The van der Waals surface area contributed by atoms with E-state index in [-0.39, 0.29) is 18.8 Å². The molecule has 140 valence electrons. The lowest BCUT2D eigenvalue weighted by Crippen LogP contribution is -2.52. The molecule has 0 bridgehead atoms. The highest BCUT2D eigenvalue weighted by molar-refractivity contribution is 5.97. The Hall–Kier alpha value is -3.42. The summed E-state index contributed by atoms with van der Waals surface area (Å²) in [7, 11) is 0. The fourth-order valence-corrected chi connectivity index (χ4v) is 3.00. The molecule has 8 heteroatoms. The number of nitrogens with zero attached hydrogens (tertiary/aromatic N) is 1. The van der Waals surface area contributed by atoms with Crippen molar-refractivity contribution in [2.75, 3.05) is 18.4 Å². The fraction of sp³-hybridized carbons (Fsp3) is 0.263. The molecule has 27 heavy (non-hydrogen) atoms. The third kappa shape index (κ3) is 3.89. The first kappa shape index (κ1) is 18.4. The number of cyclic esters (lactones) is 1. The van der Waals surface area contributed by atoms with Crippen LogP contribution in [0.25, 0.3) is 0 Å². The van der Waals surface area contributed by atoms with E-state index in [0.29, 0.717) is 17.7 Å². The molecule has 1 aliphatic heterocycles. The van der Waals surface area contributed by atoms with E-state index < -0.39 is 22.4 Å². The SMILES string of the molecule is CC1(C(=O)NCCNc2ccccc2[N+](=O)[O-])Cc2ccccc2C(=O)O1. The Bertz CT molecular complexity index is 898. The lowest BCUT2D eigenvalue weighted by molar-refractivity contribution is -0.384. The number of esters is 1. The van der Waals surface area contributed by atoms with Crippen molar-refractivity contribution < 1.29 is 19.2 Å². The molecule has 1 aliphatic rings. The van der Waals surface area contributed by atoms with Crippen LogP contribution in [0.1, 0.15) is 22.8 Å². The van der Waals surface area contributed by atoms with Crippen molar-refractivity contribution in [2.24, 2.45) is 0 Å². The van der Waals surface area contributed by atoms with Gasteiger partial charge in [0.15, 0.2) is 5.60 Å². The summed E-state index contributed by atoms with van der Waals surface area (Å²) in [5, 5.41) is 16.6. The molecule has 1 atom stereocenters. The Kier molecular flexibility index (Phi) is 5.07. The van der Waals surface area contributed by atoms with Gasteiger partial charge in [0.05, 0.1) is 10.5 Å². The third-order valence-electron chi connectivity index (χ3n) is 4.39. The predicted octanol–water partition coefficient (Wildman–Crippen LogP) is 2.29. The highest BCUT2D eigenvalue weighted by atomic mass is 16.6. The molecular weight excluding hydrogens is 350 g/mol. The van der Waals surface area contributed by atoms with Crippen LogP contribution in [0, 0.1) is 10.1 Å². The monoisotopic (exact) mass is 369 g/mol. The number of ether oxygens (including phenoxy) is 1. The Balaban J connectivity index is 1.57. The van der Waals surface area contributed by atoms with Crippen molar-refractivity contribution in [1.82, 2.24) is 5.32 Å². The quantitative estimate of drug-likeness (QED) is 0.350. The molecule has 1 unspecified atom stereocenters. The average molecular weight is 369 g/mol. The summed E-state index contributed by atoms with van der Waals surface area (Å²) < 4.78 is 5.37. The maximum absolute atomic E-state index is 12.5. The first-order chi connectivity index (χ1) is 12.9. The van der Waals surface area contributed by atoms with Crippen LogP contribution in [0.5, 0.6) is 0 Å². The third-order valence-corrected chi connectivity index (χ3v) is 4.39. The Morgan fingerprint density at radius 3 is 2.67 bits per heavy atom. The fourth-order valence-electron chi connectivity index (χ4n) is 3.00. The highest BCUT2D eigenvalue weighted by Crippen LogP contribution is 2.28. The lowest BCUT2D eigenvalue weighted by atomic mass is 9.89. The summed E-state index contributed by atoms with van der Waals surface area (Å²) in [5.74, 6) is -0.928. The van der Waals surface area contributed by atoms with E-state index in [2.05, 4.69) is 10.6 Å². The molecule has 2 aromatic carbocycles. The lowest BCUT2D eigenvalue weighted by Gasteiger charge is -2.33. The van der Waals surface area contributed by atoms with Crippen molar-refractivity contribution in [1.29, 1.82) is 0 Å². The van der Waals surface area contributed by atoms with Gasteiger partial charge >= 0.3 is 5.97 Å². The number of hydrogen-bond donors (Lipinski definition) is 2. The number of rotatable bonds is 6. The zero-order chi connectivity index (χ0) is 19.4. The van der Waals surface area contributed by atoms with Gasteiger partial charge in [-0.05, 0) is 24.6 Å². The minimum absolute atomic E-state index is 0.0337. The molecule has 2 N–H and O–H groups in total. The van der Waals surface area contributed by atoms with Gasteiger partial charge in [-0.2, -0.15) is 0 Å². The molecule has 0 fully saturated rings. The number of carbonyl (C=O) groups is 2. The van der Waals surface area contributed by atoms with E-state index in [1.165, 1.54) is 6.07 Å². The van der Waals surface area contributed by atoms with E-state index in [0.717, 1.165) is 5.56 Å². The summed E-state index contributed by atoms with van der Waals surface area (Å²) in [5.41, 5.74) is 0.296. The largest absolute Gasteiger partial charge is 0.445 e. The molecule has 0 saturated heterocycles. The van der Waals surface area contributed by atoms with Gasteiger partial charge in [-0.25, -0.2) is 4.79 Å². The second kappa shape index (κ2) is 7.45. The van der Waals surface area contributed by atoms with E-state index in [4.69, 9.17) is 4.74 Å². The van der Waals surface area contributed by atoms with Gasteiger partial charge in [0.2, 0.25) is 0 Å². The minimum Gasteiger partial charge on any atom is -0.445 e. The maximum Gasteiger partial charge on any atom is 0.339 e. The molecule has 1 heterocycles. The standard InChI is InChI=1S/C19H19N3O5/c1-19(12-13-6-2-3-7-14(13)17(23)27-19)18(24)21-11-10-20-15-8-4-5-9-16(15)22(25)26/h2-9,20H,10-12H2,1H3,(H,21,24). The van der Waals surface area contributed by atoms with Crippen molar-refractivity contribution >= 4 is 23.3 Å². The van der Waals surface area contributed by atoms with E-state index in [9.17, 15) is 19.7 Å². The summed E-state index contributed by atoms with van der Waals surface area (Å²) in [6.45, 7) is 2.09. The van der Waals surface area contributed by atoms with Crippen molar-refractivity contribution in [3.8, 4) is 0 Å². The number of carbonyl (C=O) groups excluding carboxylic acids is 2. The normalized spacial score (nSPS) is 18.2. The van der Waals surface area contributed by atoms with Gasteiger partial charge in [0, 0.05) is 25.6 Å². The number of nitro benzene ring substituents is 1. The number of hydrogen-bond acceptors (Lipinski definition) is 6. The van der Waals surface area contributed by atoms with Crippen molar-refractivity contribution in [3.05, 3.63) is 69.8 Å². The van der Waals surface area contributed by atoms with Crippen LogP contribution < -0.4 is 10.6 Å². The molecule has 3 rings (SSSR count). The van der Waals surface area contributed by atoms with Crippen LogP contribution in [0.15, 0.2) is 48.5 Å². The molecule has 0 saturated carbocycles. The van der Waals surface area contributed by atoms with Crippen LogP contribution in [0.2, 0.25) is 0 Å². The van der Waals surface area contributed by atoms with Gasteiger partial charge < -0.3 is 15.4 Å². The average Bonchev–Trinajstić information content (AvgIpc) is 2.65. The van der Waals surface area contributed by atoms with Gasteiger partial charge in [0.1, 0.15) is 5.69 Å². The first-order valence-corrected chi connectivity index (χ1v) is 8.47. The summed E-state index contributed by atoms with van der Waals surface area (Å²) in [6, 6.07) is 13.3. The molecule has 0 radical (unpaired) electrons. The number of benzene rings is 2. The van der Waals surface area contributed by atoms with Crippen LogP contribution >= 0.6 is 0 Å². The van der Waals surface area contributed by atoms with Gasteiger partial charge in [-0.1, -0.05) is 30.3 Å². The number of nitro groups is 1. The summed E-state index contributed by atoms with van der Waals surface area (Å²) in [4.78, 5) is 35.2. The van der Waals surface area contributed by atoms with Crippen molar-refractivity contribution in [2.45, 2.75) is 18.9 Å². The molecule has 0 aromatic heterocycles. The number of anilines is 1. The summed E-state index contributed by atoms with van der Waals surface area (Å²) >= 11 is 0. The number of amides is 1. The van der Waals surface area contributed by atoms with Crippen LogP contribution in [0.3, 0.4) is 0 Å².